The minimum Gasteiger partial charge on any atom is -0.454 e. The van der Waals surface area contributed by atoms with Crippen LogP contribution in [0.3, 0.4) is 0 Å². The lowest BCUT2D eigenvalue weighted by Gasteiger charge is -2.07. The number of furan rings is 1. The molecule has 0 spiro atoms. The van der Waals surface area contributed by atoms with Crippen LogP contribution in [0.15, 0.2) is 104 Å². The first kappa shape index (κ1) is 24.5. The van der Waals surface area contributed by atoms with Crippen molar-refractivity contribution < 1.29 is 13.2 Å². The highest BCUT2D eigenvalue weighted by molar-refractivity contribution is 7.07. The van der Waals surface area contributed by atoms with Crippen LogP contribution in [0, 0.1) is 18.6 Å². The fourth-order valence-electron chi connectivity index (χ4n) is 4.26. The summed E-state index contributed by atoms with van der Waals surface area (Å²) in [5.41, 5.74) is 3.01. The lowest BCUT2D eigenvalue weighted by atomic mass is 10.2. The van der Waals surface area contributed by atoms with E-state index in [1.807, 2.05) is 73.0 Å². The predicted octanol–water partition coefficient (Wildman–Crippen LogP) is 6.15. The molecule has 0 aliphatic heterocycles. The zero-order valence-electron chi connectivity index (χ0n) is 20.9. The van der Waals surface area contributed by atoms with Gasteiger partial charge in [-0.2, -0.15) is 5.10 Å². The molecule has 0 saturated carbocycles. The average Bonchev–Trinajstić information content (AvgIpc) is 3.61. The van der Waals surface area contributed by atoms with Crippen LogP contribution in [-0.4, -0.2) is 20.3 Å². The smallest absolute Gasteiger partial charge is 0.297 e. The van der Waals surface area contributed by atoms with Gasteiger partial charge >= 0.3 is 0 Å². The van der Waals surface area contributed by atoms with Crippen LogP contribution >= 0.6 is 11.3 Å². The third kappa shape index (κ3) is 4.44. The second-order valence-electron chi connectivity index (χ2n) is 8.80. The van der Waals surface area contributed by atoms with Crippen molar-refractivity contribution in [2.75, 3.05) is 0 Å². The Morgan fingerprint density at radius 1 is 0.949 bits per heavy atom. The number of benzene rings is 3. The molecule has 194 valence electrons. The van der Waals surface area contributed by atoms with Crippen LogP contribution in [0.5, 0.6) is 0 Å². The molecule has 3 aromatic carbocycles. The SMILES string of the molecule is Cc1c(N=c2scc(-c3cc4ccccc4o3)n2N=Cc2ccc(F)c(F)c2)c(=O)n(-c2ccccc2)n1C. The maximum absolute atomic E-state index is 13.8. The van der Waals surface area contributed by atoms with Crippen molar-refractivity contribution in [3.8, 4) is 17.1 Å². The van der Waals surface area contributed by atoms with E-state index >= 15 is 0 Å². The van der Waals surface area contributed by atoms with Gasteiger partial charge in [0.05, 0.1) is 17.6 Å². The molecule has 7 nitrogen and oxygen atoms in total. The van der Waals surface area contributed by atoms with Crippen molar-refractivity contribution in [1.29, 1.82) is 0 Å². The summed E-state index contributed by atoms with van der Waals surface area (Å²) in [6, 6.07) is 22.3. The van der Waals surface area contributed by atoms with Gasteiger partial charge in [0.15, 0.2) is 23.1 Å². The zero-order valence-corrected chi connectivity index (χ0v) is 21.7. The van der Waals surface area contributed by atoms with Crippen molar-refractivity contribution in [2.24, 2.45) is 17.1 Å². The van der Waals surface area contributed by atoms with Gasteiger partial charge in [-0.05, 0) is 48.9 Å². The molecular formula is C29H21F2N5O2S. The first-order valence-electron chi connectivity index (χ1n) is 12.0. The lowest BCUT2D eigenvalue weighted by Crippen LogP contribution is -2.19. The summed E-state index contributed by atoms with van der Waals surface area (Å²) in [5.74, 6) is -1.37. The van der Waals surface area contributed by atoms with E-state index < -0.39 is 11.6 Å². The summed E-state index contributed by atoms with van der Waals surface area (Å²) in [5, 5.41) is 7.28. The molecule has 6 rings (SSSR count). The molecule has 0 unspecified atom stereocenters. The van der Waals surface area contributed by atoms with E-state index in [0.717, 1.165) is 17.5 Å². The monoisotopic (exact) mass is 541 g/mol. The topological polar surface area (TPSA) is 69.7 Å². The second kappa shape index (κ2) is 9.80. The molecule has 0 bridgehead atoms. The van der Waals surface area contributed by atoms with Crippen molar-refractivity contribution in [3.63, 3.8) is 0 Å². The number of hydrogen-bond donors (Lipinski definition) is 0. The van der Waals surface area contributed by atoms with Crippen LogP contribution in [0.2, 0.25) is 0 Å². The molecule has 0 atom stereocenters. The van der Waals surface area contributed by atoms with E-state index in [9.17, 15) is 13.6 Å². The van der Waals surface area contributed by atoms with Gasteiger partial charge in [-0.1, -0.05) is 42.5 Å². The predicted molar refractivity (Wildman–Crippen MR) is 148 cm³/mol. The number of thiazole rings is 1. The Hall–Kier alpha value is -4.83. The van der Waals surface area contributed by atoms with E-state index in [4.69, 9.17) is 9.41 Å². The maximum atomic E-state index is 13.8. The Morgan fingerprint density at radius 3 is 2.49 bits per heavy atom. The van der Waals surface area contributed by atoms with Crippen molar-refractivity contribution in [1.82, 2.24) is 14.0 Å². The van der Waals surface area contributed by atoms with E-state index in [1.165, 1.54) is 28.3 Å². The van der Waals surface area contributed by atoms with Gasteiger partial charge in [0.1, 0.15) is 11.3 Å². The van der Waals surface area contributed by atoms with Gasteiger partial charge in [0, 0.05) is 17.8 Å². The summed E-state index contributed by atoms with van der Waals surface area (Å²) in [6.07, 6.45) is 1.40. The fourth-order valence-corrected chi connectivity index (χ4v) is 5.09. The first-order valence-corrected chi connectivity index (χ1v) is 12.9. The molecule has 0 saturated heterocycles. The maximum Gasteiger partial charge on any atom is 0.297 e. The summed E-state index contributed by atoms with van der Waals surface area (Å²) >= 11 is 1.28. The molecule has 0 amide bonds. The van der Waals surface area contributed by atoms with Crippen molar-refractivity contribution in [3.05, 3.63) is 122 Å². The van der Waals surface area contributed by atoms with Gasteiger partial charge in [-0.15, -0.1) is 11.3 Å². The Labute approximate surface area is 224 Å². The number of nitrogens with zero attached hydrogens (tertiary/aromatic N) is 5. The van der Waals surface area contributed by atoms with Gasteiger partial charge in [-0.3, -0.25) is 9.48 Å². The third-order valence-corrected chi connectivity index (χ3v) is 7.18. The number of rotatable bonds is 5. The molecule has 0 aliphatic carbocycles. The first-order chi connectivity index (χ1) is 18.9. The Morgan fingerprint density at radius 2 is 1.72 bits per heavy atom. The van der Waals surface area contributed by atoms with Gasteiger partial charge < -0.3 is 4.42 Å². The van der Waals surface area contributed by atoms with Gasteiger partial charge in [0.25, 0.3) is 5.56 Å². The molecule has 10 heteroatoms. The summed E-state index contributed by atoms with van der Waals surface area (Å²) in [6.45, 7) is 1.82. The van der Waals surface area contributed by atoms with Gasteiger partial charge in [0.2, 0.25) is 4.80 Å². The Bertz CT molecular complexity index is 1960. The van der Waals surface area contributed by atoms with Crippen LogP contribution in [0.1, 0.15) is 11.3 Å². The minimum atomic E-state index is -0.974. The highest BCUT2D eigenvalue weighted by Crippen LogP contribution is 2.28. The molecule has 3 aromatic heterocycles. The minimum absolute atomic E-state index is 0.260. The molecule has 3 heterocycles. The standard InChI is InChI=1S/C29H21F2N5O2S/c1-18-27(28(37)36(34(18)2)21-9-4-3-5-10-21)33-29-35(32-16-19-12-13-22(30)23(31)14-19)24(17-39-29)26-15-20-8-6-7-11-25(20)38-26/h3-17H,1-2H3. The molecule has 0 aliphatic rings. The zero-order chi connectivity index (χ0) is 27.1. The Kier molecular flexibility index (Phi) is 6.16. The molecule has 6 aromatic rings. The number of aromatic nitrogens is 3. The van der Waals surface area contributed by atoms with Crippen LogP contribution < -0.4 is 10.4 Å². The number of hydrogen-bond acceptors (Lipinski definition) is 5. The van der Waals surface area contributed by atoms with Crippen LogP contribution in [0.4, 0.5) is 14.5 Å². The number of halogens is 2. The third-order valence-electron chi connectivity index (χ3n) is 6.36. The van der Waals surface area contributed by atoms with E-state index in [-0.39, 0.29) is 11.2 Å². The molecule has 0 fully saturated rings. The molecule has 39 heavy (non-hydrogen) atoms. The quantitative estimate of drug-likeness (QED) is 0.246. The van der Waals surface area contributed by atoms with Crippen LogP contribution in [0.25, 0.3) is 28.1 Å². The Balaban J connectivity index is 1.54. The highest BCUT2D eigenvalue weighted by Gasteiger charge is 2.18. The van der Waals surface area contributed by atoms with Crippen molar-refractivity contribution in [2.45, 2.75) is 6.92 Å². The van der Waals surface area contributed by atoms with Crippen molar-refractivity contribution >= 4 is 34.2 Å². The highest BCUT2D eigenvalue weighted by atomic mass is 32.1. The van der Waals surface area contributed by atoms with E-state index in [0.29, 0.717) is 38.8 Å². The lowest BCUT2D eigenvalue weighted by molar-refractivity contribution is 0.508. The van der Waals surface area contributed by atoms with Gasteiger partial charge in [-0.25, -0.2) is 23.1 Å². The second-order valence-corrected chi connectivity index (χ2v) is 9.64. The number of para-hydroxylation sites is 2. The largest absolute Gasteiger partial charge is 0.454 e. The fraction of sp³-hybridized carbons (Fsp3) is 0.0690. The normalized spacial score (nSPS) is 12.3. The molecular weight excluding hydrogens is 520 g/mol. The summed E-state index contributed by atoms with van der Waals surface area (Å²) in [4.78, 5) is 18.6. The van der Waals surface area contributed by atoms with E-state index in [2.05, 4.69) is 5.10 Å². The number of fused-ring (bicyclic) bond motifs is 1. The average molecular weight is 542 g/mol. The summed E-state index contributed by atoms with van der Waals surface area (Å²) < 4.78 is 38.2. The molecule has 0 radical (unpaired) electrons. The van der Waals surface area contributed by atoms with Crippen LogP contribution in [-0.2, 0) is 7.05 Å². The molecule has 0 N–H and O–H groups in total. The summed E-state index contributed by atoms with van der Waals surface area (Å²) in [7, 11) is 1.80. The van der Waals surface area contributed by atoms with E-state index in [1.54, 1.807) is 16.4 Å².